The molecule has 8 heteroatoms. The molecule has 0 radical (unpaired) electrons. The van der Waals surface area contributed by atoms with Crippen molar-refractivity contribution in [3.63, 3.8) is 0 Å². The molecule has 4 nitrogen and oxygen atoms in total. The summed E-state index contributed by atoms with van der Waals surface area (Å²) in [6, 6.07) is 2.82. The van der Waals surface area contributed by atoms with Gasteiger partial charge in [0.25, 0.3) is 0 Å². The lowest BCUT2D eigenvalue weighted by atomic mass is 10.1. The zero-order valence-electron chi connectivity index (χ0n) is 11.5. The monoisotopic (exact) mass is 323 g/mol. The van der Waals surface area contributed by atoms with Crippen LogP contribution in [-0.2, 0) is 17.0 Å². The number of hydrogen-bond donors (Lipinski definition) is 2. The van der Waals surface area contributed by atoms with Gasteiger partial charge in [-0.2, -0.15) is 13.2 Å². The average Bonchev–Trinajstić information content (AvgIpc) is 2.35. The van der Waals surface area contributed by atoms with Gasteiger partial charge < -0.3 is 10.4 Å². The third-order valence-electron chi connectivity index (χ3n) is 2.81. The van der Waals surface area contributed by atoms with Crippen LogP contribution in [0.1, 0.15) is 29.3 Å². The van der Waals surface area contributed by atoms with E-state index in [1.807, 2.05) is 0 Å². The Kier molecular flexibility index (Phi) is 5.77. The molecule has 0 saturated carbocycles. The van der Waals surface area contributed by atoms with Gasteiger partial charge in [0, 0.05) is 34.5 Å². The van der Waals surface area contributed by atoms with Gasteiger partial charge in [-0.3, -0.25) is 4.21 Å². The maximum Gasteiger partial charge on any atom is 0.417 e. The second-order valence-electron chi connectivity index (χ2n) is 4.67. The first-order valence-electron chi connectivity index (χ1n) is 6.12. The van der Waals surface area contributed by atoms with Gasteiger partial charge in [-0.05, 0) is 31.5 Å². The molecule has 21 heavy (non-hydrogen) atoms. The Morgan fingerprint density at radius 3 is 2.52 bits per heavy atom. The maximum absolute atomic E-state index is 12.8. The second-order valence-corrected chi connectivity index (χ2v) is 6.23. The predicted molar refractivity (Wildman–Crippen MR) is 75.0 cm³/mol. The van der Waals surface area contributed by atoms with Gasteiger partial charge in [0.15, 0.2) is 0 Å². The van der Waals surface area contributed by atoms with Crippen molar-refractivity contribution in [2.24, 2.45) is 0 Å². The summed E-state index contributed by atoms with van der Waals surface area (Å²) < 4.78 is 49.5. The molecule has 2 unspecified atom stereocenters. The molecule has 0 saturated heterocycles. The molecule has 2 atom stereocenters. The summed E-state index contributed by atoms with van der Waals surface area (Å²) >= 11 is 0. The lowest BCUT2D eigenvalue weighted by molar-refractivity contribution is -0.138. The van der Waals surface area contributed by atoms with Crippen molar-refractivity contribution in [1.29, 1.82) is 0 Å². The molecular weight excluding hydrogens is 307 g/mol. The maximum atomic E-state index is 12.8. The van der Waals surface area contributed by atoms with Crippen LogP contribution >= 0.6 is 0 Å². The minimum absolute atomic E-state index is 0.175. The van der Waals surface area contributed by atoms with E-state index in [1.165, 1.54) is 6.07 Å². The fourth-order valence-electron chi connectivity index (χ4n) is 1.75. The Labute approximate surface area is 122 Å². The van der Waals surface area contributed by atoms with Crippen molar-refractivity contribution in [2.45, 2.75) is 25.6 Å². The third kappa shape index (κ3) is 5.37. The van der Waals surface area contributed by atoms with E-state index in [2.05, 4.69) is 5.32 Å². The zero-order chi connectivity index (χ0) is 16.2. The minimum atomic E-state index is -4.74. The Morgan fingerprint density at radius 2 is 2.05 bits per heavy atom. The molecule has 0 aromatic heterocycles. The van der Waals surface area contributed by atoms with E-state index < -0.39 is 34.1 Å². The Balaban J connectivity index is 2.95. The van der Waals surface area contributed by atoms with E-state index in [4.69, 9.17) is 5.11 Å². The van der Waals surface area contributed by atoms with Crippen LogP contribution in [0.3, 0.4) is 0 Å². The van der Waals surface area contributed by atoms with Crippen molar-refractivity contribution < 1.29 is 27.3 Å². The number of nitrogens with one attached hydrogen (secondary N) is 1. The Bertz CT molecular complexity index is 546. The van der Waals surface area contributed by atoms with Gasteiger partial charge in [-0.25, -0.2) is 4.79 Å². The van der Waals surface area contributed by atoms with Crippen LogP contribution in [0.5, 0.6) is 0 Å². The lowest BCUT2D eigenvalue weighted by Crippen LogP contribution is -2.19. The first-order chi connectivity index (χ1) is 9.61. The molecule has 0 amide bonds. The number of carboxylic acid groups (broad SMARTS) is 1. The molecule has 0 fully saturated rings. The summed E-state index contributed by atoms with van der Waals surface area (Å²) in [6.45, 7) is 1.76. The number of aromatic carboxylic acids is 1. The van der Waals surface area contributed by atoms with Gasteiger partial charge in [0.05, 0.1) is 11.1 Å². The lowest BCUT2D eigenvalue weighted by Gasteiger charge is -2.17. The number of anilines is 1. The van der Waals surface area contributed by atoms with Crippen LogP contribution in [0, 0.1) is 0 Å². The standard InChI is InChI=1S/C13H16F3NO3S/c1-8(5-6-21(2)20)17-9-3-4-10(12(18)19)11(7-9)13(14,15)16/h3-4,7-8,17H,5-6H2,1-2H3,(H,18,19). The van der Waals surface area contributed by atoms with Gasteiger partial charge >= 0.3 is 12.1 Å². The van der Waals surface area contributed by atoms with E-state index in [9.17, 15) is 22.2 Å². The van der Waals surface area contributed by atoms with Crippen LogP contribution in [0.2, 0.25) is 0 Å². The second kappa shape index (κ2) is 6.93. The SMILES string of the molecule is CC(CCS(C)=O)Nc1ccc(C(=O)O)c(C(F)(F)F)c1. The highest BCUT2D eigenvalue weighted by Crippen LogP contribution is 2.34. The molecule has 0 spiro atoms. The van der Waals surface area contributed by atoms with Crippen LogP contribution in [0.4, 0.5) is 18.9 Å². The Hall–Kier alpha value is -1.57. The van der Waals surface area contributed by atoms with E-state index in [0.29, 0.717) is 12.2 Å². The number of benzene rings is 1. The van der Waals surface area contributed by atoms with E-state index in [1.54, 1.807) is 13.2 Å². The van der Waals surface area contributed by atoms with E-state index >= 15 is 0 Å². The molecule has 118 valence electrons. The highest BCUT2D eigenvalue weighted by molar-refractivity contribution is 7.84. The summed E-state index contributed by atoms with van der Waals surface area (Å²) in [5, 5.41) is 11.6. The van der Waals surface area contributed by atoms with Gasteiger partial charge in [0.2, 0.25) is 0 Å². The van der Waals surface area contributed by atoms with E-state index in [0.717, 1.165) is 12.1 Å². The first-order valence-corrected chi connectivity index (χ1v) is 7.85. The quantitative estimate of drug-likeness (QED) is 0.845. The summed E-state index contributed by atoms with van der Waals surface area (Å²) in [5.41, 5.74) is -1.79. The molecule has 1 aromatic carbocycles. The van der Waals surface area contributed by atoms with Crippen molar-refractivity contribution in [1.82, 2.24) is 0 Å². The smallest absolute Gasteiger partial charge is 0.417 e. The van der Waals surface area contributed by atoms with Crippen molar-refractivity contribution in [2.75, 3.05) is 17.3 Å². The molecule has 0 aliphatic carbocycles. The molecular formula is C13H16F3NO3S. The normalized spacial score (nSPS) is 14.5. The van der Waals surface area contributed by atoms with Crippen molar-refractivity contribution >= 4 is 22.5 Å². The third-order valence-corrected chi connectivity index (χ3v) is 3.62. The van der Waals surface area contributed by atoms with Gasteiger partial charge in [-0.15, -0.1) is 0 Å². The molecule has 0 aliphatic rings. The fourth-order valence-corrected chi connectivity index (χ4v) is 2.44. The number of halogens is 3. The number of carboxylic acids is 1. The fraction of sp³-hybridized carbons (Fsp3) is 0.462. The topological polar surface area (TPSA) is 66.4 Å². The summed E-state index contributed by atoms with van der Waals surface area (Å²) in [7, 11) is -0.970. The average molecular weight is 323 g/mol. The van der Waals surface area contributed by atoms with Crippen LogP contribution < -0.4 is 5.32 Å². The van der Waals surface area contributed by atoms with Gasteiger partial charge in [0.1, 0.15) is 0 Å². The number of carbonyl (C=O) groups is 1. The molecule has 1 aromatic rings. The van der Waals surface area contributed by atoms with Crippen LogP contribution in [-0.4, -0.2) is 33.3 Å². The van der Waals surface area contributed by atoms with Crippen molar-refractivity contribution in [3.05, 3.63) is 29.3 Å². The summed E-state index contributed by atoms with van der Waals surface area (Å²) in [4.78, 5) is 10.8. The largest absolute Gasteiger partial charge is 0.478 e. The number of alkyl halides is 3. The van der Waals surface area contributed by atoms with E-state index in [-0.39, 0.29) is 11.7 Å². The predicted octanol–water partition coefficient (Wildman–Crippen LogP) is 2.97. The molecule has 0 heterocycles. The van der Waals surface area contributed by atoms with Crippen molar-refractivity contribution in [3.8, 4) is 0 Å². The Morgan fingerprint density at radius 1 is 1.43 bits per heavy atom. The highest BCUT2D eigenvalue weighted by atomic mass is 32.2. The van der Waals surface area contributed by atoms with Crippen LogP contribution in [0.15, 0.2) is 18.2 Å². The van der Waals surface area contributed by atoms with Gasteiger partial charge in [-0.1, -0.05) is 0 Å². The molecule has 1 rings (SSSR count). The highest BCUT2D eigenvalue weighted by Gasteiger charge is 2.35. The molecule has 0 bridgehead atoms. The first kappa shape index (κ1) is 17.5. The number of hydrogen-bond acceptors (Lipinski definition) is 3. The summed E-state index contributed by atoms with van der Waals surface area (Å²) in [6.07, 6.45) is -2.65. The number of rotatable bonds is 6. The molecule has 2 N–H and O–H groups in total. The minimum Gasteiger partial charge on any atom is -0.478 e. The zero-order valence-corrected chi connectivity index (χ0v) is 12.3. The van der Waals surface area contributed by atoms with Crippen LogP contribution in [0.25, 0.3) is 0 Å². The molecule has 0 aliphatic heterocycles. The summed E-state index contributed by atoms with van der Waals surface area (Å²) in [5.74, 6) is -1.18.